The van der Waals surface area contributed by atoms with Crippen molar-refractivity contribution in [3.05, 3.63) is 42.1 Å². The van der Waals surface area contributed by atoms with Gasteiger partial charge in [-0.25, -0.2) is 0 Å². The molecule has 0 saturated heterocycles. The molecule has 0 aliphatic rings. The zero-order chi connectivity index (χ0) is 16.0. The molecular weight excluding hydrogens is 264 g/mol. The number of rotatable bonds is 7. The maximum Gasteiger partial charge on any atom is 0.230 e. The lowest BCUT2D eigenvalue weighted by atomic mass is 10.0. The number of amides is 1. The monoisotopic (exact) mass is 290 g/mol. The number of anilines is 1. The van der Waals surface area contributed by atoms with Gasteiger partial charge in [0.15, 0.2) is 0 Å². The number of benzene rings is 1. The van der Waals surface area contributed by atoms with Gasteiger partial charge in [0, 0.05) is 25.5 Å². The van der Waals surface area contributed by atoms with Crippen molar-refractivity contribution >= 4 is 11.6 Å². The van der Waals surface area contributed by atoms with Crippen LogP contribution in [0, 0.1) is 5.92 Å². The zero-order valence-electron chi connectivity index (χ0n) is 13.4. The van der Waals surface area contributed by atoms with E-state index in [-0.39, 0.29) is 5.91 Å². The molecule has 0 radical (unpaired) electrons. The molecule has 21 heavy (non-hydrogen) atoms. The molecule has 4 nitrogen and oxygen atoms in total. The van der Waals surface area contributed by atoms with E-state index in [9.17, 15) is 9.90 Å². The summed E-state index contributed by atoms with van der Waals surface area (Å²) < 4.78 is 0. The van der Waals surface area contributed by atoms with Crippen molar-refractivity contribution in [2.45, 2.75) is 32.8 Å². The second-order valence-electron chi connectivity index (χ2n) is 5.56. The normalized spacial score (nSPS) is 13.4. The van der Waals surface area contributed by atoms with Gasteiger partial charge in [0.1, 0.15) is 6.10 Å². The van der Waals surface area contributed by atoms with Crippen LogP contribution in [0.4, 0.5) is 5.69 Å². The minimum Gasteiger partial charge on any atom is -0.386 e. The Balaban J connectivity index is 2.65. The minimum atomic E-state index is -0.889. The van der Waals surface area contributed by atoms with E-state index in [0.29, 0.717) is 5.70 Å². The molecule has 1 aromatic carbocycles. The van der Waals surface area contributed by atoms with Crippen LogP contribution in [-0.4, -0.2) is 36.1 Å². The number of aliphatic hydroxyl groups is 1. The second-order valence-corrected chi connectivity index (χ2v) is 5.56. The van der Waals surface area contributed by atoms with E-state index in [4.69, 9.17) is 0 Å². The van der Waals surface area contributed by atoms with Crippen LogP contribution < -0.4 is 5.32 Å². The summed E-state index contributed by atoms with van der Waals surface area (Å²) in [7, 11) is 3.59. The van der Waals surface area contributed by atoms with Gasteiger partial charge in [-0.15, -0.1) is 0 Å². The van der Waals surface area contributed by atoms with Crippen molar-refractivity contribution < 1.29 is 9.90 Å². The van der Waals surface area contributed by atoms with Gasteiger partial charge in [0.05, 0.1) is 5.92 Å². The number of hydrogen-bond acceptors (Lipinski definition) is 3. The van der Waals surface area contributed by atoms with Gasteiger partial charge < -0.3 is 15.3 Å². The van der Waals surface area contributed by atoms with E-state index in [0.717, 1.165) is 18.5 Å². The van der Waals surface area contributed by atoms with E-state index in [1.165, 1.54) is 5.56 Å². The molecule has 0 unspecified atom stereocenters. The van der Waals surface area contributed by atoms with Gasteiger partial charge in [0.25, 0.3) is 0 Å². The van der Waals surface area contributed by atoms with E-state index >= 15 is 0 Å². The summed E-state index contributed by atoms with van der Waals surface area (Å²) in [5, 5.41) is 12.9. The minimum absolute atomic E-state index is 0.214. The lowest BCUT2D eigenvalue weighted by molar-refractivity contribution is -0.122. The molecule has 2 N–H and O–H groups in total. The first-order valence-electron chi connectivity index (χ1n) is 7.30. The molecule has 1 amide bonds. The van der Waals surface area contributed by atoms with Gasteiger partial charge in [-0.3, -0.25) is 4.79 Å². The van der Waals surface area contributed by atoms with Gasteiger partial charge >= 0.3 is 0 Å². The summed E-state index contributed by atoms with van der Waals surface area (Å²) in [6.45, 7) is 7.62. The van der Waals surface area contributed by atoms with Crippen molar-refractivity contribution in [1.29, 1.82) is 0 Å². The Labute approximate surface area is 127 Å². The Morgan fingerprint density at radius 3 is 2.38 bits per heavy atom. The maximum atomic E-state index is 12.2. The fourth-order valence-corrected chi connectivity index (χ4v) is 2.00. The number of aryl methyl sites for hydroxylation is 1. The summed E-state index contributed by atoms with van der Waals surface area (Å²) in [6.07, 6.45) is 1.24. The van der Waals surface area contributed by atoms with E-state index in [2.05, 4.69) is 18.8 Å². The quantitative estimate of drug-likeness (QED) is 0.811. The number of hydrogen-bond donors (Lipinski definition) is 2. The number of nitrogens with zero attached hydrogens (tertiary/aromatic N) is 1. The van der Waals surface area contributed by atoms with Crippen LogP contribution in [0.15, 0.2) is 36.5 Å². The molecule has 1 aromatic rings. The van der Waals surface area contributed by atoms with Crippen LogP contribution in [0.2, 0.25) is 0 Å². The Bertz CT molecular complexity index is 480. The highest BCUT2D eigenvalue weighted by Gasteiger charge is 2.25. The molecule has 4 heteroatoms. The zero-order valence-corrected chi connectivity index (χ0v) is 13.4. The molecule has 0 aromatic heterocycles. The van der Waals surface area contributed by atoms with Crippen molar-refractivity contribution in [3.8, 4) is 0 Å². The third-order valence-corrected chi connectivity index (χ3v) is 3.56. The lowest BCUT2D eigenvalue weighted by Gasteiger charge is -2.25. The van der Waals surface area contributed by atoms with E-state index in [1.54, 1.807) is 25.9 Å². The van der Waals surface area contributed by atoms with Crippen LogP contribution in [-0.2, 0) is 11.2 Å². The van der Waals surface area contributed by atoms with E-state index in [1.807, 2.05) is 24.3 Å². The number of nitrogens with one attached hydrogen (secondary N) is 1. The molecule has 2 atom stereocenters. The van der Waals surface area contributed by atoms with Gasteiger partial charge in [-0.05, 0) is 24.1 Å². The predicted octanol–water partition coefficient (Wildman–Crippen LogP) is 2.65. The second kappa shape index (κ2) is 7.84. The summed E-state index contributed by atoms with van der Waals surface area (Å²) >= 11 is 0. The first kappa shape index (κ1) is 17.2. The first-order chi connectivity index (χ1) is 9.86. The molecular formula is C17H26N2O2. The SMILES string of the molecule is C=C([C@H](O)[C@@H](C)C(=O)Nc1ccc(CCC)cc1)N(C)C. The molecule has 0 aliphatic carbocycles. The molecule has 0 bridgehead atoms. The van der Waals surface area contributed by atoms with Gasteiger partial charge in [-0.1, -0.05) is 39.0 Å². The fourth-order valence-electron chi connectivity index (χ4n) is 2.00. The summed E-state index contributed by atoms with van der Waals surface area (Å²) in [5.74, 6) is -0.774. The van der Waals surface area contributed by atoms with E-state index < -0.39 is 12.0 Å². The highest BCUT2D eigenvalue weighted by atomic mass is 16.3. The molecule has 116 valence electrons. The maximum absolute atomic E-state index is 12.2. The Morgan fingerprint density at radius 1 is 1.33 bits per heavy atom. The van der Waals surface area contributed by atoms with Crippen molar-refractivity contribution in [1.82, 2.24) is 4.90 Å². The number of likely N-dealkylation sites (N-methyl/N-ethyl adjacent to an activating group) is 1. The van der Waals surface area contributed by atoms with Crippen LogP contribution in [0.3, 0.4) is 0 Å². The molecule has 0 aliphatic heterocycles. The average Bonchev–Trinajstić information content (AvgIpc) is 2.47. The molecule has 0 heterocycles. The third kappa shape index (κ3) is 4.90. The van der Waals surface area contributed by atoms with Crippen LogP contribution in [0.1, 0.15) is 25.8 Å². The van der Waals surface area contributed by atoms with Crippen molar-refractivity contribution in [2.75, 3.05) is 19.4 Å². The molecule has 0 saturated carbocycles. The highest BCUT2D eigenvalue weighted by molar-refractivity contribution is 5.92. The van der Waals surface area contributed by atoms with Crippen molar-refractivity contribution in [2.24, 2.45) is 5.92 Å². The fraction of sp³-hybridized carbons (Fsp3) is 0.471. The number of carbonyl (C=O) groups excluding carboxylic acids is 1. The first-order valence-corrected chi connectivity index (χ1v) is 7.30. The molecule has 1 rings (SSSR count). The lowest BCUT2D eigenvalue weighted by Crippen LogP contribution is -2.35. The number of aliphatic hydroxyl groups excluding tert-OH is 1. The highest BCUT2D eigenvalue weighted by Crippen LogP contribution is 2.17. The summed E-state index contributed by atoms with van der Waals surface area (Å²) in [5.41, 5.74) is 2.52. The molecule has 0 spiro atoms. The molecule has 0 fully saturated rings. The smallest absolute Gasteiger partial charge is 0.230 e. The average molecular weight is 290 g/mol. The van der Waals surface area contributed by atoms with Gasteiger partial charge in [0.2, 0.25) is 5.91 Å². The summed E-state index contributed by atoms with van der Waals surface area (Å²) in [6, 6.07) is 7.81. The van der Waals surface area contributed by atoms with Crippen LogP contribution >= 0.6 is 0 Å². The Kier molecular flexibility index (Phi) is 6.43. The standard InChI is InChI=1S/C17H26N2O2/c1-6-7-14-8-10-15(11-9-14)18-17(21)12(2)16(20)13(3)19(4)5/h8-12,16,20H,3,6-7H2,1-2,4-5H3,(H,18,21)/t12-,16-/m1/s1. The van der Waals surface area contributed by atoms with Crippen LogP contribution in [0.5, 0.6) is 0 Å². The van der Waals surface area contributed by atoms with Crippen LogP contribution in [0.25, 0.3) is 0 Å². The van der Waals surface area contributed by atoms with Gasteiger partial charge in [-0.2, -0.15) is 0 Å². The Morgan fingerprint density at radius 2 is 1.90 bits per heavy atom. The third-order valence-electron chi connectivity index (χ3n) is 3.56. The van der Waals surface area contributed by atoms with Crippen molar-refractivity contribution in [3.63, 3.8) is 0 Å². The number of carbonyl (C=O) groups is 1. The summed E-state index contributed by atoms with van der Waals surface area (Å²) in [4.78, 5) is 13.9. The topological polar surface area (TPSA) is 52.6 Å². The Hall–Kier alpha value is -1.81. The largest absolute Gasteiger partial charge is 0.386 e. The predicted molar refractivity (Wildman–Crippen MR) is 87.1 cm³/mol.